The summed E-state index contributed by atoms with van der Waals surface area (Å²) in [5.41, 5.74) is 2.08. The predicted octanol–water partition coefficient (Wildman–Crippen LogP) is 1.74. The summed E-state index contributed by atoms with van der Waals surface area (Å²) in [6, 6.07) is 0. The Kier molecular flexibility index (Phi) is 4.35. The van der Waals surface area contributed by atoms with Gasteiger partial charge in [-0.25, -0.2) is 4.68 Å². The molecule has 1 rings (SSSR count). The van der Waals surface area contributed by atoms with Gasteiger partial charge in [-0.3, -0.25) is 0 Å². The highest BCUT2D eigenvalue weighted by Gasteiger charge is 2.12. The highest BCUT2D eigenvalue weighted by molar-refractivity contribution is 9.11. The second-order valence-corrected chi connectivity index (χ2v) is 4.44. The Labute approximate surface area is 98.4 Å². The van der Waals surface area contributed by atoms with E-state index in [-0.39, 0.29) is 0 Å². The van der Waals surface area contributed by atoms with Gasteiger partial charge in [-0.15, -0.1) is 0 Å². The lowest BCUT2D eigenvalue weighted by atomic mass is 10.2. The van der Waals surface area contributed by atoms with Crippen LogP contribution in [0.4, 0.5) is 0 Å². The second kappa shape index (κ2) is 5.32. The minimum absolute atomic E-state index is 0.730. The first kappa shape index (κ1) is 12.3. The lowest BCUT2D eigenvalue weighted by molar-refractivity contribution is 0.368. The van der Waals surface area contributed by atoms with E-state index in [0.29, 0.717) is 0 Å². The Morgan fingerprint density at radius 1 is 1.67 bits per heavy atom. The van der Waals surface area contributed by atoms with Crippen molar-refractivity contribution in [1.29, 1.82) is 0 Å². The van der Waals surface area contributed by atoms with Crippen molar-refractivity contribution in [2.75, 3.05) is 13.7 Å². The van der Waals surface area contributed by atoms with E-state index in [1.54, 1.807) is 11.8 Å². The molecule has 4 nitrogen and oxygen atoms in total. The van der Waals surface area contributed by atoms with Crippen molar-refractivity contribution in [1.82, 2.24) is 15.1 Å². The van der Waals surface area contributed by atoms with E-state index in [9.17, 15) is 0 Å². The van der Waals surface area contributed by atoms with Crippen LogP contribution in [-0.2, 0) is 13.6 Å². The Bertz CT molecular complexity index is 360. The number of nitrogens with one attached hydrogen (secondary N) is 1. The third-order valence-electron chi connectivity index (χ3n) is 2.10. The normalized spacial score (nSPS) is 10.4. The molecule has 1 aromatic rings. The van der Waals surface area contributed by atoms with Crippen molar-refractivity contribution >= 4 is 15.9 Å². The average molecular weight is 274 g/mol. The molecular formula is C10H16BrN3O. The zero-order valence-electron chi connectivity index (χ0n) is 9.30. The van der Waals surface area contributed by atoms with Crippen molar-refractivity contribution < 1.29 is 4.74 Å². The van der Waals surface area contributed by atoms with Crippen LogP contribution < -0.4 is 10.1 Å². The van der Waals surface area contributed by atoms with Crippen molar-refractivity contribution in [3.8, 4) is 5.88 Å². The molecule has 5 heteroatoms. The molecular weight excluding hydrogens is 258 g/mol. The Balaban J connectivity index is 2.71. The molecule has 0 aromatic carbocycles. The first-order valence-corrected chi connectivity index (χ1v) is 5.46. The second-order valence-electron chi connectivity index (χ2n) is 3.32. The van der Waals surface area contributed by atoms with Gasteiger partial charge in [-0.1, -0.05) is 22.5 Å². The summed E-state index contributed by atoms with van der Waals surface area (Å²) in [5.74, 6) is 0.806. The summed E-state index contributed by atoms with van der Waals surface area (Å²) < 4.78 is 7.96. The molecule has 0 unspecified atom stereocenters. The largest absolute Gasteiger partial charge is 0.481 e. The first-order chi connectivity index (χ1) is 7.06. The summed E-state index contributed by atoms with van der Waals surface area (Å²) in [6.07, 6.45) is 0. The SMILES string of the molecule is C=C(Br)CNCc1c(C)nn(C)c1OC. The topological polar surface area (TPSA) is 39.1 Å². The maximum absolute atomic E-state index is 5.28. The number of rotatable bonds is 5. The first-order valence-electron chi connectivity index (χ1n) is 4.66. The Hall–Kier alpha value is -0.810. The highest BCUT2D eigenvalue weighted by atomic mass is 79.9. The molecule has 0 saturated carbocycles. The van der Waals surface area contributed by atoms with Gasteiger partial charge in [0.25, 0.3) is 0 Å². The van der Waals surface area contributed by atoms with Crippen LogP contribution in [0.15, 0.2) is 11.1 Å². The zero-order chi connectivity index (χ0) is 11.4. The van der Waals surface area contributed by atoms with Gasteiger partial charge in [0.1, 0.15) is 0 Å². The Morgan fingerprint density at radius 3 is 2.87 bits per heavy atom. The fraction of sp³-hybridized carbons (Fsp3) is 0.500. The van der Waals surface area contributed by atoms with E-state index < -0.39 is 0 Å². The fourth-order valence-corrected chi connectivity index (χ4v) is 1.66. The number of hydrogen-bond acceptors (Lipinski definition) is 3. The van der Waals surface area contributed by atoms with Crippen molar-refractivity contribution in [2.45, 2.75) is 13.5 Å². The van der Waals surface area contributed by atoms with Crippen LogP contribution in [0.3, 0.4) is 0 Å². The maximum atomic E-state index is 5.28. The molecule has 0 bridgehead atoms. The van der Waals surface area contributed by atoms with Gasteiger partial charge in [-0.05, 0) is 6.92 Å². The van der Waals surface area contributed by atoms with Crippen LogP contribution >= 0.6 is 15.9 Å². The summed E-state index contributed by atoms with van der Waals surface area (Å²) in [5, 5.41) is 7.55. The number of halogens is 1. The van der Waals surface area contributed by atoms with Gasteiger partial charge < -0.3 is 10.1 Å². The van der Waals surface area contributed by atoms with Crippen LogP contribution in [0.2, 0.25) is 0 Å². The molecule has 15 heavy (non-hydrogen) atoms. The zero-order valence-corrected chi connectivity index (χ0v) is 10.9. The molecule has 0 fully saturated rings. The average Bonchev–Trinajstić information content (AvgIpc) is 2.41. The molecule has 0 aliphatic carbocycles. The van der Waals surface area contributed by atoms with E-state index >= 15 is 0 Å². The van der Waals surface area contributed by atoms with Crippen LogP contribution in [0, 0.1) is 6.92 Å². The molecule has 1 N–H and O–H groups in total. The summed E-state index contributed by atoms with van der Waals surface area (Å²) in [7, 11) is 3.53. The van der Waals surface area contributed by atoms with Crippen molar-refractivity contribution in [3.05, 3.63) is 22.3 Å². The third kappa shape index (κ3) is 3.07. The summed E-state index contributed by atoms with van der Waals surface area (Å²) >= 11 is 3.30. The smallest absolute Gasteiger partial charge is 0.216 e. The number of hydrogen-bond donors (Lipinski definition) is 1. The molecule has 84 valence electrons. The molecule has 0 aliphatic heterocycles. The number of aryl methyl sites for hydroxylation is 2. The molecule has 0 aliphatic rings. The van der Waals surface area contributed by atoms with Crippen molar-refractivity contribution in [2.24, 2.45) is 7.05 Å². The highest BCUT2D eigenvalue weighted by Crippen LogP contribution is 2.20. The standard InChI is InChI=1S/C10H16BrN3O/c1-7(11)5-12-6-9-8(2)13-14(3)10(9)15-4/h12H,1,5-6H2,2-4H3. The minimum Gasteiger partial charge on any atom is -0.481 e. The van der Waals surface area contributed by atoms with Crippen LogP contribution in [0.1, 0.15) is 11.3 Å². The quantitative estimate of drug-likeness (QED) is 0.888. The van der Waals surface area contributed by atoms with Gasteiger partial charge in [0.05, 0.1) is 18.4 Å². The molecule has 0 saturated heterocycles. The van der Waals surface area contributed by atoms with Gasteiger partial charge in [0.15, 0.2) is 0 Å². The van der Waals surface area contributed by atoms with Gasteiger partial charge >= 0.3 is 0 Å². The molecule has 0 amide bonds. The number of nitrogens with zero attached hydrogens (tertiary/aromatic N) is 2. The lowest BCUT2D eigenvalue weighted by Crippen LogP contribution is -2.15. The monoisotopic (exact) mass is 273 g/mol. The predicted molar refractivity (Wildman–Crippen MR) is 64.3 cm³/mol. The van der Waals surface area contributed by atoms with Crippen LogP contribution in [-0.4, -0.2) is 23.4 Å². The van der Waals surface area contributed by atoms with Gasteiger partial charge in [0, 0.05) is 24.6 Å². The van der Waals surface area contributed by atoms with Gasteiger partial charge in [0.2, 0.25) is 5.88 Å². The number of aromatic nitrogens is 2. The van der Waals surface area contributed by atoms with E-state index in [2.05, 4.69) is 32.9 Å². The number of methoxy groups -OCH3 is 1. The van der Waals surface area contributed by atoms with E-state index in [0.717, 1.165) is 34.7 Å². The maximum Gasteiger partial charge on any atom is 0.216 e. The minimum atomic E-state index is 0.730. The van der Waals surface area contributed by atoms with E-state index in [4.69, 9.17) is 4.74 Å². The molecule has 0 spiro atoms. The summed E-state index contributed by atoms with van der Waals surface area (Å²) in [4.78, 5) is 0. The fourth-order valence-electron chi connectivity index (χ4n) is 1.46. The van der Waals surface area contributed by atoms with E-state index in [1.807, 2.05) is 14.0 Å². The summed E-state index contributed by atoms with van der Waals surface area (Å²) in [6.45, 7) is 7.20. The lowest BCUT2D eigenvalue weighted by Gasteiger charge is -2.06. The molecule has 0 radical (unpaired) electrons. The third-order valence-corrected chi connectivity index (χ3v) is 2.38. The van der Waals surface area contributed by atoms with E-state index in [1.165, 1.54) is 0 Å². The molecule has 0 atom stereocenters. The van der Waals surface area contributed by atoms with Crippen LogP contribution in [0.5, 0.6) is 5.88 Å². The molecule has 1 heterocycles. The van der Waals surface area contributed by atoms with Crippen LogP contribution in [0.25, 0.3) is 0 Å². The molecule has 1 aromatic heterocycles. The van der Waals surface area contributed by atoms with Crippen molar-refractivity contribution in [3.63, 3.8) is 0 Å². The number of ether oxygens (including phenoxy) is 1. The van der Waals surface area contributed by atoms with Gasteiger partial charge in [-0.2, -0.15) is 5.10 Å². The Morgan fingerprint density at radius 2 is 2.33 bits per heavy atom.